The SMILES string of the molecule is CCC1(NC(=O)N(C)C(C)(C)C(=O)O)CCC1. The molecule has 0 heterocycles. The van der Waals surface area contributed by atoms with E-state index in [-0.39, 0.29) is 11.6 Å². The number of amides is 2. The zero-order valence-electron chi connectivity index (χ0n) is 11.0. The molecular formula is C12H22N2O3. The number of nitrogens with one attached hydrogen (secondary N) is 1. The van der Waals surface area contributed by atoms with Crippen molar-refractivity contribution in [3.63, 3.8) is 0 Å². The Morgan fingerprint density at radius 1 is 1.41 bits per heavy atom. The van der Waals surface area contributed by atoms with E-state index in [1.807, 2.05) is 6.92 Å². The van der Waals surface area contributed by atoms with Crippen LogP contribution in [0, 0.1) is 0 Å². The first kappa shape index (κ1) is 13.8. The van der Waals surface area contributed by atoms with Crippen LogP contribution in [-0.2, 0) is 4.79 Å². The quantitative estimate of drug-likeness (QED) is 0.790. The van der Waals surface area contributed by atoms with Crippen molar-refractivity contribution in [3.05, 3.63) is 0 Å². The summed E-state index contributed by atoms with van der Waals surface area (Å²) in [5.74, 6) is -1.01. The standard InChI is InChI=1S/C12H22N2O3/c1-5-12(7-6-8-12)13-10(17)14(4)11(2,3)9(15)16/h5-8H2,1-4H3,(H,13,17)(H,15,16). The molecule has 0 atom stereocenters. The number of nitrogens with zero attached hydrogens (tertiary/aromatic N) is 1. The van der Waals surface area contributed by atoms with Gasteiger partial charge in [0.05, 0.1) is 0 Å². The molecule has 0 unspecified atom stereocenters. The molecule has 0 bridgehead atoms. The maximum Gasteiger partial charge on any atom is 0.329 e. The molecule has 17 heavy (non-hydrogen) atoms. The lowest BCUT2D eigenvalue weighted by Crippen LogP contribution is -2.61. The van der Waals surface area contributed by atoms with Gasteiger partial charge in [-0.2, -0.15) is 0 Å². The summed E-state index contributed by atoms with van der Waals surface area (Å²) in [6.45, 7) is 5.09. The van der Waals surface area contributed by atoms with Gasteiger partial charge in [0.25, 0.3) is 0 Å². The Hall–Kier alpha value is -1.26. The van der Waals surface area contributed by atoms with Crippen molar-refractivity contribution in [1.29, 1.82) is 0 Å². The van der Waals surface area contributed by atoms with E-state index in [9.17, 15) is 9.59 Å². The largest absolute Gasteiger partial charge is 0.480 e. The summed E-state index contributed by atoms with van der Waals surface area (Å²) in [7, 11) is 1.52. The molecule has 0 aromatic rings. The molecule has 1 rings (SSSR count). The first-order chi connectivity index (χ1) is 7.75. The Labute approximate surface area is 102 Å². The van der Waals surface area contributed by atoms with Crippen molar-refractivity contribution in [1.82, 2.24) is 10.2 Å². The van der Waals surface area contributed by atoms with Crippen molar-refractivity contribution < 1.29 is 14.7 Å². The molecule has 5 heteroatoms. The number of urea groups is 1. The predicted molar refractivity (Wildman–Crippen MR) is 64.9 cm³/mol. The Balaban J connectivity index is 2.67. The Morgan fingerprint density at radius 3 is 2.24 bits per heavy atom. The predicted octanol–water partition coefficient (Wildman–Crippen LogP) is 1.82. The van der Waals surface area contributed by atoms with E-state index in [0.717, 1.165) is 25.7 Å². The summed E-state index contributed by atoms with van der Waals surface area (Å²) >= 11 is 0. The molecule has 0 aromatic carbocycles. The molecule has 1 aliphatic rings. The first-order valence-corrected chi connectivity index (χ1v) is 6.04. The van der Waals surface area contributed by atoms with Gasteiger partial charge in [0.2, 0.25) is 0 Å². The maximum atomic E-state index is 12.0. The van der Waals surface area contributed by atoms with Gasteiger partial charge in [0, 0.05) is 12.6 Å². The van der Waals surface area contributed by atoms with Crippen molar-refractivity contribution in [2.45, 2.75) is 57.5 Å². The van der Waals surface area contributed by atoms with E-state index in [1.54, 1.807) is 0 Å². The molecular weight excluding hydrogens is 220 g/mol. The fraction of sp³-hybridized carbons (Fsp3) is 0.833. The molecule has 0 saturated heterocycles. The Morgan fingerprint density at radius 2 is 1.94 bits per heavy atom. The average molecular weight is 242 g/mol. The van der Waals surface area contributed by atoms with Gasteiger partial charge in [-0.05, 0) is 39.5 Å². The lowest BCUT2D eigenvalue weighted by molar-refractivity contribution is -0.147. The zero-order chi connectivity index (χ0) is 13.3. The zero-order valence-corrected chi connectivity index (χ0v) is 11.0. The molecule has 5 nitrogen and oxygen atoms in total. The smallest absolute Gasteiger partial charge is 0.329 e. The number of likely N-dealkylation sites (N-methyl/N-ethyl adjacent to an activating group) is 1. The van der Waals surface area contributed by atoms with Gasteiger partial charge in [-0.15, -0.1) is 0 Å². The van der Waals surface area contributed by atoms with Gasteiger partial charge in [-0.3, -0.25) is 0 Å². The van der Waals surface area contributed by atoms with Crippen molar-refractivity contribution >= 4 is 12.0 Å². The summed E-state index contributed by atoms with van der Waals surface area (Å²) in [4.78, 5) is 24.3. The van der Waals surface area contributed by atoms with E-state index < -0.39 is 11.5 Å². The molecule has 1 aliphatic carbocycles. The minimum atomic E-state index is -1.19. The van der Waals surface area contributed by atoms with Crippen molar-refractivity contribution in [3.8, 4) is 0 Å². The molecule has 0 spiro atoms. The normalized spacial score (nSPS) is 18.1. The number of carbonyl (C=O) groups is 2. The summed E-state index contributed by atoms with van der Waals surface area (Å²) in [5.41, 5.74) is -1.30. The van der Waals surface area contributed by atoms with E-state index in [1.165, 1.54) is 25.8 Å². The van der Waals surface area contributed by atoms with E-state index in [0.29, 0.717) is 0 Å². The molecule has 1 saturated carbocycles. The van der Waals surface area contributed by atoms with Crippen LogP contribution < -0.4 is 5.32 Å². The van der Waals surface area contributed by atoms with Crippen LogP contribution in [0.15, 0.2) is 0 Å². The van der Waals surface area contributed by atoms with Gasteiger partial charge in [-0.1, -0.05) is 6.92 Å². The van der Waals surface area contributed by atoms with Crippen LogP contribution >= 0.6 is 0 Å². The second-order valence-electron chi connectivity index (χ2n) is 5.34. The van der Waals surface area contributed by atoms with Crippen LogP contribution in [-0.4, -0.2) is 40.1 Å². The number of aliphatic carboxylic acids is 1. The van der Waals surface area contributed by atoms with Gasteiger partial charge in [-0.25, -0.2) is 9.59 Å². The minimum Gasteiger partial charge on any atom is -0.480 e. The molecule has 0 aromatic heterocycles. The third kappa shape index (κ3) is 2.53. The minimum absolute atomic E-state index is 0.111. The number of carboxylic acids is 1. The number of hydrogen-bond acceptors (Lipinski definition) is 2. The van der Waals surface area contributed by atoms with E-state index in [2.05, 4.69) is 5.32 Å². The van der Waals surface area contributed by atoms with E-state index in [4.69, 9.17) is 5.11 Å². The third-order valence-corrected chi connectivity index (χ3v) is 4.03. The lowest BCUT2D eigenvalue weighted by atomic mass is 9.75. The van der Waals surface area contributed by atoms with Crippen molar-refractivity contribution in [2.75, 3.05) is 7.05 Å². The number of carboxylic acid groups (broad SMARTS) is 1. The lowest BCUT2D eigenvalue weighted by Gasteiger charge is -2.44. The van der Waals surface area contributed by atoms with Crippen LogP contribution in [0.3, 0.4) is 0 Å². The highest BCUT2D eigenvalue weighted by Crippen LogP contribution is 2.34. The molecule has 2 amide bonds. The Bertz CT molecular complexity index is 316. The van der Waals surface area contributed by atoms with Crippen molar-refractivity contribution in [2.24, 2.45) is 0 Å². The topological polar surface area (TPSA) is 69.6 Å². The molecule has 0 aliphatic heterocycles. The second-order valence-corrected chi connectivity index (χ2v) is 5.34. The molecule has 0 radical (unpaired) electrons. The maximum absolute atomic E-state index is 12.0. The van der Waals surface area contributed by atoms with Gasteiger partial charge >= 0.3 is 12.0 Å². The van der Waals surface area contributed by atoms with Gasteiger partial charge in [0.15, 0.2) is 0 Å². The monoisotopic (exact) mass is 242 g/mol. The first-order valence-electron chi connectivity index (χ1n) is 6.04. The van der Waals surface area contributed by atoms with Gasteiger partial charge in [0.1, 0.15) is 5.54 Å². The fourth-order valence-electron chi connectivity index (χ4n) is 1.88. The molecule has 1 fully saturated rings. The highest BCUT2D eigenvalue weighted by atomic mass is 16.4. The van der Waals surface area contributed by atoms with Crippen LogP contribution in [0.1, 0.15) is 46.5 Å². The van der Waals surface area contributed by atoms with Crippen LogP contribution in [0.25, 0.3) is 0 Å². The Kier molecular flexibility index (Phi) is 3.69. The molecule has 98 valence electrons. The second kappa shape index (κ2) is 4.55. The van der Waals surface area contributed by atoms with Crippen LogP contribution in [0.2, 0.25) is 0 Å². The summed E-state index contributed by atoms with van der Waals surface area (Å²) < 4.78 is 0. The highest BCUT2D eigenvalue weighted by Gasteiger charge is 2.41. The van der Waals surface area contributed by atoms with E-state index >= 15 is 0 Å². The summed E-state index contributed by atoms with van der Waals surface area (Å²) in [6, 6.07) is -0.307. The summed E-state index contributed by atoms with van der Waals surface area (Å²) in [6.07, 6.45) is 3.98. The van der Waals surface area contributed by atoms with Crippen LogP contribution in [0.4, 0.5) is 4.79 Å². The average Bonchev–Trinajstić information content (AvgIpc) is 2.21. The summed E-state index contributed by atoms with van der Waals surface area (Å²) in [5, 5.41) is 12.0. The number of hydrogen-bond donors (Lipinski definition) is 2. The fourth-order valence-corrected chi connectivity index (χ4v) is 1.88. The van der Waals surface area contributed by atoms with Crippen LogP contribution in [0.5, 0.6) is 0 Å². The number of carbonyl (C=O) groups excluding carboxylic acids is 1. The third-order valence-electron chi connectivity index (χ3n) is 4.03. The highest BCUT2D eigenvalue weighted by molar-refractivity contribution is 5.85. The number of rotatable bonds is 4. The van der Waals surface area contributed by atoms with Gasteiger partial charge < -0.3 is 15.3 Å². The molecule has 2 N–H and O–H groups in total.